The van der Waals surface area contributed by atoms with Crippen LogP contribution in [0.3, 0.4) is 0 Å². The molecule has 2 aromatic heterocycles. The largest absolute Gasteiger partial charge is 0.401 e. The smallest absolute Gasteiger partial charge is 0.162 e. The van der Waals surface area contributed by atoms with Crippen LogP contribution in [0.5, 0.6) is 0 Å². The van der Waals surface area contributed by atoms with Crippen molar-refractivity contribution in [2.45, 2.75) is 32.1 Å². The Hall–Kier alpha value is -3.68. The van der Waals surface area contributed by atoms with Crippen molar-refractivity contribution in [1.29, 1.82) is 0 Å². The van der Waals surface area contributed by atoms with Gasteiger partial charge in [0, 0.05) is 34.9 Å². The van der Waals surface area contributed by atoms with E-state index in [4.69, 9.17) is 22.2 Å². The van der Waals surface area contributed by atoms with Crippen molar-refractivity contribution in [2.24, 2.45) is 11.5 Å². The molecule has 0 fully saturated rings. The number of nitrogens with one attached hydrogen (secondary N) is 1. The highest BCUT2D eigenvalue weighted by atomic mass is 19.1. The van der Waals surface area contributed by atoms with E-state index in [0.29, 0.717) is 17.2 Å². The summed E-state index contributed by atoms with van der Waals surface area (Å²) in [6.07, 6.45) is 7.72. The quantitative estimate of drug-likeness (QED) is 0.492. The van der Waals surface area contributed by atoms with Crippen molar-refractivity contribution in [3.8, 4) is 11.4 Å². The number of rotatable bonds is 4. The van der Waals surface area contributed by atoms with Crippen LogP contribution in [0.2, 0.25) is 0 Å². The predicted octanol–water partition coefficient (Wildman–Crippen LogP) is 3.38. The third-order valence-electron chi connectivity index (χ3n) is 5.45. The van der Waals surface area contributed by atoms with Crippen LogP contribution in [0.15, 0.2) is 54.0 Å². The third-order valence-corrected chi connectivity index (χ3v) is 5.45. The van der Waals surface area contributed by atoms with Gasteiger partial charge in [0.15, 0.2) is 5.82 Å². The second-order valence-corrected chi connectivity index (χ2v) is 7.44. The molecule has 7 nitrogen and oxygen atoms in total. The fraction of sp³-hybridized carbons (Fsp3) is 0.227. The first kappa shape index (κ1) is 19.6. The van der Waals surface area contributed by atoms with Crippen LogP contribution in [-0.4, -0.2) is 20.2 Å². The number of nitrogens with two attached hydrogens (primary N) is 3. The summed E-state index contributed by atoms with van der Waals surface area (Å²) >= 11 is 0. The van der Waals surface area contributed by atoms with E-state index < -0.39 is 5.82 Å². The van der Waals surface area contributed by atoms with Crippen molar-refractivity contribution >= 4 is 11.4 Å². The van der Waals surface area contributed by atoms with E-state index in [1.807, 2.05) is 13.0 Å². The number of hydrogen-bond donors (Lipinski definition) is 4. The molecular weight excluding hydrogens is 381 g/mol. The van der Waals surface area contributed by atoms with Crippen LogP contribution in [0, 0.1) is 12.7 Å². The van der Waals surface area contributed by atoms with E-state index in [1.165, 1.54) is 6.07 Å². The van der Waals surface area contributed by atoms with Crippen LogP contribution in [0.1, 0.15) is 42.1 Å². The molecule has 0 saturated heterocycles. The first-order valence-corrected chi connectivity index (χ1v) is 9.79. The average molecular weight is 405 g/mol. The number of allylic oxidation sites excluding steroid dienone is 3. The molecule has 1 aliphatic carbocycles. The number of hydrogen-bond acceptors (Lipinski definition) is 6. The van der Waals surface area contributed by atoms with Gasteiger partial charge in [-0.05, 0) is 56.0 Å². The van der Waals surface area contributed by atoms with Crippen molar-refractivity contribution in [3.63, 3.8) is 0 Å². The van der Waals surface area contributed by atoms with Gasteiger partial charge in [0.25, 0.3) is 0 Å². The van der Waals surface area contributed by atoms with Crippen molar-refractivity contribution in [3.05, 3.63) is 76.8 Å². The van der Waals surface area contributed by atoms with Gasteiger partial charge in [0.1, 0.15) is 5.82 Å². The number of benzene rings is 1. The van der Waals surface area contributed by atoms with Gasteiger partial charge in [-0.3, -0.25) is 5.10 Å². The summed E-state index contributed by atoms with van der Waals surface area (Å²) in [5, 5.41) is 6.94. The Morgan fingerprint density at radius 1 is 1.27 bits per heavy atom. The highest BCUT2D eigenvalue weighted by Gasteiger charge is 2.24. The normalized spacial score (nSPS) is 17.4. The lowest BCUT2D eigenvalue weighted by atomic mass is 9.84. The monoisotopic (exact) mass is 405 g/mol. The van der Waals surface area contributed by atoms with Crippen molar-refractivity contribution in [1.82, 2.24) is 20.2 Å². The third kappa shape index (κ3) is 3.63. The average Bonchev–Trinajstić information content (AvgIpc) is 3.15. The van der Waals surface area contributed by atoms with E-state index >= 15 is 0 Å². The first-order valence-electron chi connectivity index (χ1n) is 9.79. The summed E-state index contributed by atoms with van der Waals surface area (Å²) in [4.78, 5) is 9.11. The Labute approximate surface area is 173 Å². The van der Waals surface area contributed by atoms with Crippen LogP contribution < -0.4 is 17.2 Å². The molecule has 1 atom stereocenters. The van der Waals surface area contributed by atoms with E-state index in [2.05, 4.69) is 15.2 Å². The van der Waals surface area contributed by atoms with Crippen molar-refractivity contribution < 1.29 is 4.39 Å². The Balaban J connectivity index is 1.70. The molecule has 1 unspecified atom stereocenters. The molecule has 7 N–H and O–H groups in total. The molecule has 1 aromatic carbocycles. The Kier molecular flexibility index (Phi) is 5.22. The maximum Gasteiger partial charge on any atom is 0.162 e. The molecule has 4 rings (SSSR count). The maximum absolute atomic E-state index is 14.2. The van der Waals surface area contributed by atoms with E-state index in [0.717, 1.165) is 41.8 Å². The minimum atomic E-state index is -0.453. The fourth-order valence-electron chi connectivity index (χ4n) is 3.86. The highest BCUT2D eigenvalue weighted by molar-refractivity contribution is 5.75. The van der Waals surface area contributed by atoms with Gasteiger partial charge in [0.05, 0.1) is 23.0 Å². The molecule has 2 heterocycles. The van der Waals surface area contributed by atoms with Gasteiger partial charge >= 0.3 is 0 Å². The fourth-order valence-corrected chi connectivity index (χ4v) is 3.86. The molecule has 0 amide bonds. The molecule has 3 aromatic rings. The van der Waals surface area contributed by atoms with E-state index in [-0.39, 0.29) is 17.2 Å². The molecule has 154 valence electrons. The van der Waals surface area contributed by atoms with Gasteiger partial charge in [-0.25, -0.2) is 14.4 Å². The van der Waals surface area contributed by atoms with Crippen LogP contribution in [0.4, 0.5) is 10.1 Å². The Morgan fingerprint density at radius 3 is 2.83 bits per heavy atom. The second kappa shape index (κ2) is 7.98. The molecule has 30 heavy (non-hydrogen) atoms. The van der Waals surface area contributed by atoms with E-state index in [1.54, 1.807) is 30.6 Å². The lowest BCUT2D eigenvalue weighted by Crippen LogP contribution is -2.19. The lowest BCUT2D eigenvalue weighted by molar-refractivity contribution is 0.591. The molecule has 0 spiro atoms. The SMILES string of the molecule is Cc1[nH]ncc1-c1nccc(C2CCCC(/C=C(\N)c3c(N)cccc3F)=C2N)n1. The lowest BCUT2D eigenvalue weighted by Gasteiger charge is -2.25. The van der Waals surface area contributed by atoms with E-state index in [9.17, 15) is 4.39 Å². The number of nitrogens with zero attached hydrogens (tertiary/aromatic N) is 3. The first-order chi connectivity index (χ1) is 14.5. The summed E-state index contributed by atoms with van der Waals surface area (Å²) < 4.78 is 14.2. The summed E-state index contributed by atoms with van der Waals surface area (Å²) in [6.45, 7) is 1.92. The van der Waals surface area contributed by atoms with Crippen LogP contribution in [0.25, 0.3) is 17.1 Å². The number of H-pyrrole nitrogens is 1. The highest BCUT2D eigenvalue weighted by Crippen LogP contribution is 2.36. The molecular formula is C22H24FN7. The van der Waals surface area contributed by atoms with Crippen LogP contribution in [-0.2, 0) is 0 Å². The topological polar surface area (TPSA) is 133 Å². The summed E-state index contributed by atoms with van der Waals surface area (Å²) in [7, 11) is 0. The maximum atomic E-state index is 14.2. The van der Waals surface area contributed by atoms with Gasteiger partial charge in [-0.1, -0.05) is 6.07 Å². The summed E-state index contributed by atoms with van der Waals surface area (Å²) in [5.41, 5.74) is 23.6. The summed E-state index contributed by atoms with van der Waals surface area (Å²) in [6, 6.07) is 6.40. The zero-order valence-electron chi connectivity index (χ0n) is 16.7. The molecule has 1 aliphatic rings. The van der Waals surface area contributed by atoms with Gasteiger partial charge in [0.2, 0.25) is 0 Å². The molecule has 0 aliphatic heterocycles. The minimum absolute atomic E-state index is 0.0651. The molecule has 8 heteroatoms. The van der Waals surface area contributed by atoms with Gasteiger partial charge in [-0.2, -0.15) is 5.10 Å². The molecule has 0 saturated carbocycles. The number of halogens is 1. The minimum Gasteiger partial charge on any atom is -0.401 e. The zero-order chi connectivity index (χ0) is 21.3. The molecule has 0 radical (unpaired) electrons. The number of aromatic nitrogens is 4. The van der Waals surface area contributed by atoms with Gasteiger partial charge in [-0.15, -0.1) is 0 Å². The Bertz CT molecular complexity index is 1130. The zero-order valence-corrected chi connectivity index (χ0v) is 16.7. The number of anilines is 1. The number of aromatic amines is 1. The van der Waals surface area contributed by atoms with Crippen molar-refractivity contribution in [2.75, 3.05) is 5.73 Å². The predicted molar refractivity (Wildman–Crippen MR) is 115 cm³/mol. The second-order valence-electron chi connectivity index (χ2n) is 7.44. The molecule has 0 bridgehead atoms. The Morgan fingerprint density at radius 2 is 2.10 bits per heavy atom. The summed E-state index contributed by atoms with van der Waals surface area (Å²) in [5.74, 6) is 0.0868. The standard InChI is InChI=1S/C22H24FN7/c1-12-15(11-28-30-12)22-27-9-8-19(29-22)14-5-2-4-13(21(14)26)10-18(25)20-16(23)6-3-7-17(20)24/h3,6-11,14H,2,4-5,24-26H2,1H3,(H,28,30)/b18-10-. The number of aryl methyl sites for hydroxylation is 1. The number of nitrogen functional groups attached to an aromatic ring is 1. The van der Waals surface area contributed by atoms with Gasteiger partial charge < -0.3 is 17.2 Å². The van der Waals surface area contributed by atoms with Crippen LogP contribution >= 0.6 is 0 Å².